The van der Waals surface area contributed by atoms with E-state index in [0.29, 0.717) is 18.6 Å². The van der Waals surface area contributed by atoms with Crippen LogP contribution in [-0.2, 0) is 4.74 Å². The number of nitro groups is 1. The number of nitrogens with zero attached hydrogens (tertiary/aromatic N) is 1. The number of carbonyl (C=O) groups is 1. The highest BCUT2D eigenvalue weighted by Crippen LogP contribution is 2.22. The molecule has 0 aromatic heterocycles. The Hall–Kier alpha value is -2.05. The van der Waals surface area contributed by atoms with Crippen LogP contribution in [0, 0.1) is 27.7 Å². The molecule has 1 rings (SSSR count). The van der Waals surface area contributed by atoms with Crippen LogP contribution in [0.3, 0.4) is 0 Å². The largest absolute Gasteiger partial charge is 0.459 e. The molecule has 0 aliphatic rings. The number of esters is 1. The number of benzene rings is 1. The minimum atomic E-state index is -1.28. The Labute approximate surface area is 114 Å². The van der Waals surface area contributed by atoms with Gasteiger partial charge < -0.3 is 4.74 Å². The molecule has 0 radical (unpaired) electrons. The highest BCUT2D eigenvalue weighted by molar-refractivity contribution is 5.90. The van der Waals surface area contributed by atoms with E-state index in [1.165, 1.54) is 0 Å². The number of ether oxygens (including phenoxy) is 1. The molecule has 0 aliphatic heterocycles. The lowest BCUT2D eigenvalue weighted by Crippen LogP contribution is -2.18. The van der Waals surface area contributed by atoms with Crippen molar-refractivity contribution in [2.75, 3.05) is 0 Å². The van der Waals surface area contributed by atoms with Crippen LogP contribution in [0.15, 0.2) is 12.1 Å². The van der Waals surface area contributed by atoms with Gasteiger partial charge in [0, 0.05) is 0 Å². The van der Waals surface area contributed by atoms with E-state index in [-0.39, 0.29) is 5.92 Å². The second-order valence-electron chi connectivity index (χ2n) is 4.89. The van der Waals surface area contributed by atoms with Gasteiger partial charge in [-0.2, -0.15) is 4.39 Å². The summed E-state index contributed by atoms with van der Waals surface area (Å²) in [6, 6.07) is 0.858. The van der Waals surface area contributed by atoms with Crippen molar-refractivity contribution in [1.82, 2.24) is 0 Å². The van der Waals surface area contributed by atoms with Gasteiger partial charge in [-0.1, -0.05) is 13.8 Å². The molecule has 0 N–H and O–H groups in total. The first-order chi connectivity index (χ1) is 9.22. The maximum atomic E-state index is 13.6. The number of carbonyl (C=O) groups excluding carboxylic acids is 1. The summed E-state index contributed by atoms with van der Waals surface area (Å²) in [5, 5.41) is 10.4. The molecule has 1 atom stereocenters. The van der Waals surface area contributed by atoms with Crippen LogP contribution in [0.4, 0.5) is 14.5 Å². The third-order valence-corrected chi connectivity index (χ3v) is 2.56. The summed E-state index contributed by atoms with van der Waals surface area (Å²) >= 11 is 0. The molecule has 1 unspecified atom stereocenters. The zero-order valence-corrected chi connectivity index (χ0v) is 11.4. The molecule has 20 heavy (non-hydrogen) atoms. The van der Waals surface area contributed by atoms with E-state index in [4.69, 9.17) is 4.74 Å². The van der Waals surface area contributed by atoms with Gasteiger partial charge in [0.05, 0.1) is 22.7 Å². The van der Waals surface area contributed by atoms with Crippen molar-refractivity contribution in [3.8, 4) is 0 Å². The van der Waals surface area contributed by atoms with Crippen LogP contribution in [0.1, 0.15) is 37.6 Å². The Morgan fingerprint density at radius 3 is 2.40 bits per heavy atom. The van der Waals surface area contributed by atoms with E-state index in [0.717, 1.165) is 0 Å². The average molecular weight is 287 g/mol. The Bertz CT molecular complexity index is 531. The molecule has 0 spiro atoms. The van der Waals surface area contributed by atoms with Gasteiger partial charge in [-0.25, -0.2) is 9.18 Å². The van der Waals surface area contributed by atoms with Crippen molar-refractivity contribution in [3.63, 3.8) is 0 Å². The minimum Gasteiger partial charge on any atom is -0.459 e. The Morgan fingerprint density at radius 2 is 1.90 bits per heavy atom. The molecule has 1 aromatic carbocycles. The van der Waals surface area contributed by atoms with Crippen LogP contribution in [0.2, 0.25) is 0 Å². The normalized spacial score (nSPS) is 12.3. The first-order valence-corrected chi connectivity index (χ1v) is 6.06. The van der Waals surface area contributed by atoms with Crippen molar-refractivity contribution in [2.24, 2.45) is 5.92 Å². The summed E-state index contributed by atoms with van der Waals surface area (Å²) in [5.74, 6) is -3.22. The fourth-order valence-corrected chi connectivity index (χ4v) is 1.79. The molecule has 110 valence electrons. The predicted octanol–water partition coefficient (Wildman–Crippen LogP) is 3.46. The SMILES string of the molecule is CC(C)CC(C)OC(=O)c1cc(F)c([N+](=O)[O-])cc1F. The molecular formula is C13H15F2NO4. The van der Waals surface area contributed by atoms with Crippen LogP contribution >= 0.6 is 0 Å². The van der Waals surface area contributed by atoms with E-state index < -0.39 is 39.9 Å². The fourth-order valence-electron chi connectivity index (χ4n) is 1.79. The van der Waals surface area contributed by atoms with Crippen molar-refractivity contribution >= 4 is 11.7 Å². The van der Waals surface area contributed by atoms with Gasteiger partial charge in [0.25, 0.3) is 0 Å². The van der Waals surface area contributed by atoms with E-state index >= 15 is 0 Å². The van der Waals surface area contributed by atoms with Crippen molar-refractivity contribution in [3.05, 3.63) is 39.4 Å². The Kier molecular flexibility index (Phi) is 5.12. The molecule has 5 nitrogen and oxygen atoms in total. The quantitative estimate of drug-likeness (QED) is 0.472. The monoisotopic (exact) mass is 287 g/mol. The van der Waals surface area contributed by atoms with Crippen LogP contribution < -0.4 is 0 Å². The maximum Gasteiger partial charge on any atom is 0.341 e. The molecule has 0 bridgehead atoms. The summed E-state index contributed by atoms with van der Waals surface area (Å²) in [7, 11) is 0. The van der Waals surface area contributed by atoms with E-state index in [1.807, 2.05) is 13.8 Å². The first kappa shape index (κ1) is 16.0. The average Bonchev–Trinajstić information content (AvgIpc) is 2.29. The zero-order valence-electron chi connectivity index (χ0n) is 11.4. The lowest BCUT2D eigenvalue weighted by Gasteiger charge is -2.15. The molecule has 0 heterocycles. The molecule has 7 heteroatoms. The van der Waals surface area contributed by atoms with Gasteiger partial charge in [0.2, 0.25) is 5.82 Å². The topological polar surface area (TPSA) is 69.4 Å². The number of hydrogen-bond donors (Lipinski definition) is 0. The second kappa shape index (κ2) is 6.40. The van der Waals surface area contributed by atoms with Gasteiger partial charge in [0.15, 0.2) is 0 Å². The van der Waals surface area contributed by atoms with Gasteiger partial charge in [-0.05, 0) is 25.3 Å². The van der Waals surface area contributed by atoms with Crippen molar-refractivity contribution < 1.29 is 23.2 Å². The van der Waals surface area contributed by atoms with Crippen LogP contribution in [-0.4, -0.2) is 17.0 Å². The highest BCUT2D eigenvalue weighted by atomic mass is 19.1. The summed E-state index contributed by atoms with van der Waals surface area (Å²) in [5.41, 5.74) is -1.67. The summed E-state index contributed by atoms with van der Waals surface area (Å²) in [6.07, 6.45) is 0.114. The first-order valence-electron chi connectivity index (χ1n) is 6.06. The smallest absolute Gasteiger partial charge is 0.341 e. The zero-order chi connectivity index (χ0) is 15.4. The van der Waals surface area contributed by atoms with Gasteiger partial charge in [-0.3, -0.25) is 10.1 Å². The molecule has 0 aliphatic carbocycles. The fraction of sp³-hybridized carbons (Fsp3) is 0.462. The van der Waals surface area contributed by atoms with Crippen molar-refractivity contribution in [1.29, 1.82) is 0 Å². The number of hydrogen-bond acceptors (Lipinski definition) is 4. The lowest BCUT2D eigenvalue weighted by atomic mass is 10.1. The third-order valence-electron chi connectivity index (χ3n) is 2.56. The summed E-state index contributed by atoms with van der Waals surface area (Å²) in [6.45, 7) is 5.49. The maximum absolute atomic E-state index is 13.6. The van der Waals surface area contributed by atoms with Crippen molar-refractivity contribution in [2.45, 2.75) is 33.3 Å². The van der Waals surface area contributed by atoms with Crippen LogP contribution in [0.5, 0.6) is 0 Å². The predicted molar refractivity (Wildman–Crippen MR) is 67.3 cm³/mol. The van der Waals surface area contributed by atoms with E-state index in [2.05, 4.69) is 0 Å². The third kappa shape index (κ3) is 3.97. The molecule has 0 amide bonds. The summed E-state index contributed by atoms with van der Waals surface area (Å²) in [4.78, 5) is 21.1. The molecule has 0 saturated heterocycles. The summed E-state index contributed by atoms with van der Waals surface area (Å²) < 4.78 is 31.9. The van der Waals surface area contributed by atoms with Crippen LogP contribution in [0.25, 0.3) is 0 Å². The van der Waals surface area contributed by atoms with Gasteiger partial charge in [-0.15, -0.1) is 0 Å². The Balaban J connectivity index is 2.94. The lowest BCUT2D eigenvalue weighted by molar-refractivity contribution is -0.387. The number of halogens is 2. The molecular weight excluding hydrogens is 272 g/mol. The number of nitro benzene ring substituents is 1. The minimum absolute atomic E-state index is 0.274. The Morgan fingerprint density at radius 1 is 1.30 bits per heavy atom. The van der Waals surface area contributed by atoms with E-state index in [9.17, 15) is 23.7 Å². The molecule has 1 aromatic rings. The number of rotatable bonds is 5. The second-order valence-corrected chi connectivity index (χ2v) is 4.89. The van der Waals surface area contributed by atoms with Gasteiger partial charge in [0.1, 0.15) is 5.82 Å². The molecule has 0 saturated carbocycles. The molecule has 0 fully saturated rings. The van der Waals surface area contributed by atoms with E-state index in [1.54, 1.807) is 6.92 Å². The standard InChI is InChI=1S/C13H15F2NO4/c1-7(2)4-8(3)20-13(17)9-5-11(15)12(16(18)19)6-10(9)14/h5-8H,4H2,1-3H3. The highest BCUT2D eigenvalue weighted by Gasteiger charge is 2.24. The van der Waals surface area contributed by atoms with Gasteiger partial charge >= 0.3 is 11.7 Å².